The molecule has 0 aliphatic heterocycles. The molecule has 2 N–H and O–H groups in total. The van der Waals surface area contributed by atoms with E-state index in [0.717, 1.165) is 29.2 Å². The van der Waals surface area contributed by atoms with Crippen LogP contribution in [0, 0.1) is 0 Å². The van der Waals surface area contributed by atoms with Crippen LogP contribution in [0.4, 0.5) is 17.5 Å². The number of rotatable bonds is 7. The van der Waals surface area contributed by atoms with E-state index in [-0.39, 0.29) is 0 Å². The summed E-state index contributed by atoms with van der Waals surface area (Å²) in [4.78, 5) is 14.6. The number of nitrogens with zero attached hydrogens (tertiary/aromatic N) is 3. The second kappa shape index (κ2) is 8.67. The monoisotopic (exact) mass is 365 g/mol. The van der Waals surface area contributed by atoms with E-state index in [1.165, 1.54) is 4.90 Å². The van der Waals surface area contributed by atoms with Crippen molar-refractivity contribution in [1.29, 1.82) is 0 Å². The second-order valence-electron chi connectivity index (χ2n) is 5.98. The van der Waals surface area contributed by atoms with Gasteiger partial charge in [-0.25, -0.2) is 4.98 Å². The van der Waals surface area contributed by atoms with Gasteiger partial charge in [-0.15, -0.1) is 11.8 Å². The molecule has 0 saturated heterocycles. The lowest BCUT2D eigenvalue weighted by molar-refractivity contribution is 0.753. The molecule has 134 valence electrons. The number of para-hydroxylation sites is 1. The third-order valence-electron chi connectivity index (χ3n) is 4.06. The largest absolute Gasteiger partial charge is 0.352 e. The summed E-state index contributed by atoms with van der Waals surface area (Å²) in [5.74, 6) is 1.39. The Labute approximate surface area is 158 Å². The molecular weight excluding hydrogens is 342 g/mol. The molecule has 0 amide bonds. The highest BCUT2D eigenvalue weighted by Crippen LogP contribution is 2.29. The minimum Gasteiger partial charge on any atom is -0.352 e. The van der Waals surface area contributed by atoms with Gasteiger partial charge in [-0.05, 0) is 43.9 Å². The van der Waals surface area contributed by atoms with Gasteiger partial charge in [0.1, 0.15) is 5.82 Å². The molecule has 0 bridgehead atoms. The topological polar surface area (TPSA) is 62.7 Å². The number of hydrogen-bond donors (Lipinski definition) is 2. The molecule has 1 atom stereocenters. The van der Waals surface area contributed by atoms with E-state index < -0.39 is 0 Å². The highest BCUT2D eigenvalue weighted by molar-refractivity contribution is 7.98. The number of pyridine rings is 1. The first-order valence-electron chi connectivity index (χ1n) is 8.65. The van der Waals surface area contributed by atoms with Crippen molar-refractivity contribution in [3.8, 4) is 11.3 Å². The predicted molar refractivity (Wildman–Crippen MR) is 110 cm³/mol. The Bertz CT molecular complexity index is 854. The normalized spacial score (nSPS) is 11.8. The molecule has 3 aromatic rings. The van der Waals surface area contributed by atoms with E-state index in [1.54, 1.807) is 24.2 Å². The summed E-state index contributed by atoms with van der Waals surface area (Å²) in [6, 6.07) is 14.4. The predicted octanol–water partition coefficient (Wildman–Crippen LogP) is 5.21. The van der Waals surface area contributed by atoms with Crippen molar-refractivity contribution in [3.05, 3.63) is 54.9 Å². The van der Waals surface area contributed by atoms with Gasteiger partial charge in [0.15, 0.2) is 0 Å². The molecular formula is C20H23N5S. The molecule has 0 unspecified atom stereocenters. The number of benzene rings is 1. The van der Waals surface area contributed by atoms with Crippen LogP contribution in [0.2, 0.25) is 0 Å². The molecule has 0 aliphatic rings. The average Bonchev–Trinajstić information content (AvgIpc) is 2.69. The molecule has 6 heteroatoms. The minimum absolute atomic E-state index is 0.300. The van der Waals surface area contributed by atoms with Crippen molar-refractivity contribution in [2.45, 2.75) is 31.2 Å². The fraction of sp³-hybridized carbons (Fsp3) is 0.250. The molecule has 0 radical (unpaired) electrons. The highest BCUT2D eigenvalue weighted by Gasteiger charge is 2.10. The molecule has 2 heterocycles. The number of hydrogen-bond acceptors (Lipinski definition) is 6. The zero-order chi connectivity index (χ0) is 18.4. The summed E-state index contributed by atoms with van der Waals surface area (Å²) in [5.41, 5.74) is 2.90. The Morgan fingerprint density at radius 2 is 1.85 bits per heavy atom. The number of anilines is 3. The van der Waals surface area contributed by atoms with Crippen molar-refractivity contribution >= 4 is 29.2 Å². The van der Waals surface area contributed by atoms with Crippen molar-refractivity contribution in [1.82, 2.24) is 15.0 Å². The number of nitrogens with one attached hydrogen (secondary N) is 2. The van der Waals surface area contributed by atoms with Gasteiger partial charge in [-0.3, -0.25) is 4.98 Å². The van der Waals surface area contributed by atoms with Crippen LogP contribution in [0.3, 0.4) is 0 Å². The molecule has 1 aromatic carbocycles. The molecule has 5 nitrogen and oxygen atoms in total. The molecule has 0 fully saturated rings. The van der Waals surface area contributed by atoms with E-state index in [9.17, 15) is 0 Å². The first-order chi connectivity index (χ1) is 12.7. The Kier molecular flexibility index (Phi) is 6.07. The van der Waals surface area contributed by atoms with Crippen LogP contribution in [-0.2, 0) is 0 Å². The van der Waals surface area contributed by atoms with Crippen LogP contribution < -0.4 is 10.6 Å². The molecule has 2 aromatic heterocycles. The zero-order valence-electron chi connectivity index (χ0n) is 15.2. The van der Waals surface area contributed by atoms with Gasteiger partial charge in [0.25, 0.3) is 0 Å². The van der Waals surface area contributed by atoms with Crippen molar-refractivity contribution in [3.63, 3.8) is 0 Å². The highest BCUT2D eigenvalue weighted by atomic mass is 32.2. The fourth-order valence-corrected chi connectivity index (χ4v) is 3.01. The van der Waals surface area contributed by atoms with Gasteiger partial charge in [0.05, 0.1) is 11.4 Å². The lowest BCUT2D eigenvalue weighted by atomic mass is 10.2. The summed E-state index contributed by atoms with van der Waals surface area (Å²) < 4.78 is 0. The van der Waals surface area contributed by atoms with Crippen LogP contribution >= 0.6 is 11.8 Å². The lowest BCUT2D eigenvalue weighted by Gasteiger charge is -2.15. The van der Waals surface area contributed by atoms with E-state index in [1.807, 2.05) is 30.3 Å². The third kappa shape index (κ3) is 4.52. The average molecular weight is 366 g/mol. The summed E-state index contributed by atoms with van der Waals surface area (Å²) in [5, 5.41) is 6.81. The Balaban J connectivity index is 1.99. The molecule has 0 aliphatic carbocycles. The summed E-state index contributed by atoms with van der Waals surface area (Å²) in [6.07, 6.45) is 6.62. The first-order valence-corrected chi connectivity index (χ1v) is 9.88. The van der Waals surface area contributed by atoms with E-state index in [4.69, 9.17) is 0 Å². The Morgan fingerprint density at radius 3 is 2.58 bits per heavy atom. The third-order valence-corrected chi connectivity index (χ3v) is 4.86. The van der Waals surface area contributed by atoms with Gasteiger partial charge >= 0.3 is 0 Å². The van der Waals surface area contributed by atoms with Gasteiger partial charge < -0.3 is 10.6 Å². The fourth-order valence-electron chi connectivity index (χ4n) is 2.45. The van der Waals surface area contributed by atoms with Gasteiger partial charge in [-0.2, -0.15) is 4.98 Å². The van der Waals surface area contributed by atoms with E-state index in [0.29, 0.717) is 12.0 Å². The minimum atomic E-state index is 0.300. The second-order valence-corrected chi connectivity index (χ2v) is 6.82. The summed E-state index contributed by atoms with van der Waals surface area (Å²) >= 11 is 1.70. The molecule has 3 rings (SSSR count). The maximum atomic E-state index is 4.68. The van der Waals surface area contributed by atoms with Crippen molar-refractivity contribution < 1.29 is 0 Å². The van der Waals surface area contributed by atoms with E-state index in [2.05, 4.69) is 57.8 Å². The zero-order valence-corrected chi connectivity index (χ0v) is 16.0. The van der Waals surface area contributed by atoms with Crippen LogP contribution in [0.5, 0.6) is 0 Å². The van der Waals surface area contributed by atoms with Gasteiger partial charge in [-0.1, -0.05) is 19.1 Å². The van der Waals surface area contributed by atoms with E-state index >= 15 is 0 Å². The summed E-state index contributed by atoms with van der Waals surface area (Å²) in [6.45, 7) is 4.26. The lowest BCUT2D eigenvalue weighted by Crippen LogP contribution is -2.16. The van der Waals surface area contributed by atoms with Crippen molar-refractivity contribution in [2.75, 3.05) is 16.9 Å². The van der Waals surface area contributed by atoms with Crippen LogP contribution in [-0.4, -0.2) is 27.2 Å². The number of thioether (sulfide) groups is 1. The van der Waals surface area contributed by atoms with Gasteiger partial charge in [0.2, 0.25) is 5.95 Å². The standard InChI is InChI=1S/C20H23N5S/c1-4-14(2)22-20-24-17(15-9-11-21-12-10-15)13-19(25-20)23-16-7-5-6-8-18(16)26-3/h5-14H,4H2,1-3H3,(H2,22,23,24,25)/t14-/m1/s1. The van der Waals surface area contributed by atoms with Crippen LogP contribution in [0.25, 0.3) is 11.3 Å². The SMILES string of the molecule is CC[C@@H](C)Nc1nc(Nc2ccccc2SC)cc(-c2ccncc2)n1. The van der Waals surface area contributed by atoms with Crippen LogP contribution in [0.1, 0.15) is 20.3 Å². The van der Waals surface area contributed by atoms with Crippen LogP contribution in [0.15, 0.2) is 59.8 Å². The molecule has 26 heavy (non-hydrogen) atoms. The Hall–Kier alpha value is -2.60. The van der Waals surface area contributed by atoms with Gasteiger partial charge in [0, 0.05) is 35.0 Å². The molecule has 0 spiro atoms. The van der Waals surface area contributed by atoms with Crippen molar-refractivity contribution in [2.24, 2.45) is 0 Å². The summed E-state index contributed by atoms with van der Waals surface area (Å²) in [7, 11) is 0. The Morgan fingerprint density at radius 1 is 1.08 bits per heavy atom. The maximum Gasteiger partial charge on any atom is 0.225 e. The smallest absolute Gasteiger partial charge is 0.225 e. The molecule has 0 saturated carbocycles. The maximum absolute atomic E-state index is 4.68. The first kappa shape index (κ1) is 18.2. The quantitative estimate of drug-likeness (QED) is 0.560. The number of aromatic nitrogens is 3.